The van der Waals surface area contributed by atoms with Gasteiger partial charge in [0.1, 0.15) is 37.4 Å². The summed E-state index contributed by atoms with van der Waals surface area (Å²) in [5, 5.41) is 21.9. The second-order valence-corrected chi connectivity index (χ2v) is 28.5. The molecule has 0 aromatic heterocycles. The van der Waals surface area contributed by atoms with Crippen molar-refractivity contribution in [3.05, 3.63) is 59.7 Å². The van der Waals surface area contributed by atoms with Gasteiger partial charge in [0, 0.05) is 37.3 Å². The van der Waals surface area contributed by atoms with E-state index >= 15 is 0 Å². The molecular weight excluding hydrogens is 1150 g/mol. The molecule has 2 rings (SSSR count). The van der Waals surface area contributed by atoms with Crippen molar-refractivity contribution in [2.75, 3.05) is 23.7 Å². The van der Waals surface area contributed by atoms with Crippen molar-refractivity contribution in [1.82, 2.24) is 31.9 Å². The third-order valence-electron chi connectivity index (χ3n) is 14.3. The van der Waals surface area contributed by atoms with Crippen molar-refractivity contribution in [3.63, 3.8) is 0 Å². The number of carbonyl (C=O) groups is 10. The second-order valence-electron chi connectivity index (χ2n) is 28.5. The highest BCUT2D eigenvalue weighted by molar-refractivity contribution is 5.99. The minimum Gasteiger partial charge on any atom is -0.460 e. The van der Waals surface area contributed by atoms with Crippen molar-refractivity contribution < 1.29 is 57.4 Å². The van der Waals surface area contributed by atoms with Gasteiger partial charge in [-0.1, -0.05) is 132 Å². The van der Waals surface area contributed by atoms with Gasteiger partial charge in [-0.05, 0) is 151 Å². The lowest BCUT2D eigenvalue weighted by Crippen LogP contribution is -2.54. The molecule has 0 bridgehead atoms. The number of benzene rings is 2. The van der Waals surface area contributed by atoms with E-state index in [4.69, 9.17) is 20.9 Å². The molecule has 2 unspecified atom stereocenters. The molecule has 0 saturated carbocycles. The largest absolute Gasteiger partial charge is 0.460 e. The minimum absolute atomic E-state index is 0.107. The summed E-state index contributed by atoms with van der Waals surface area (Å²) < 4.78 is 10.7. The summed E-state index contributed by atoms with van der Waals surface area (Å²) in [7, 11) is 0. The molecule has 0 radical (unpaired) electrons. The van der Waals surface area contributed by atoms with E-state index in [0.29, 0.717) is 47.9 Å². The molecule has 0 aliphatic rings. The maximum absolute atomic E-state index is 13.3. The summed E-state index contributed by atoms with van der Waals surface area (Å²) >= 11 is 0. The monoisotopic (exact) mass is 1260 g/mol. The zero-order valence-electron chi connectivity index (χ0n) is 57.3. The number of ether oxygens (including phenoxy) is 2. The van der Waals surface area contributed by atoms with E-state index in [0.717, 1.165) is 75.3 Å². The fourth-order valence-corrected chi connectivity index (χ4v) is 8.80. The number of primary amides is 2. The highest BCUT2D eigenvalue weighted by atomic mass is 16.5. The number of esters is 2. The number of amides is 10. The minimum atomic E-state index is -0.930. The summed E-state index contributed by atoms with van der Waals surface area (Å²) in [6, 6.07) is 8.87. The molecular formula is C68H114N10O12. The number of anilines is 2. The molecule has 4 atom stereocenters. The van der Waals surface area contributed by atoms with Crippen LogP contribution in [0.1, 0.15) is 225 Å². The smallest absolute Gasteiger partial charge is 0.312 e. The molecule has 0 fully saturated rings. The van der Waals surface area contributed by atoms with E-state index in [1.807, 2.05) is 27.7 Å². The number of urea groups is 2. The van der Waals surface area contributed by atoms with Gasteiger partial charge in [-0.15, -0.1) is 0 Å². The van der Waals surface area contributed by atoms with Crippen LogP contribution in [0.2, 0.25) is 0 Å². The average molecular weight is 1260 g/mol. The van der Waals surface area contributed by atoms with Crippen molar-refractivity contribution >= 4 is 70.8 Å². The number of rotatable bonds is 36. The molecule has 22 heteroatoms. The Balaban J connectivity index is 0.000000900. The van der Waals surface area contributed by atoms with Crippen LogP contribution < -0.4 is 54.0 Å². The van der Waals surface area contributed by atoms with Crippen LogP contribution in [0.15, 0.2) is 48.5 Å². The fourth-order valence-electron chi connectivity index (χ4n) is 8.80. The second kappa shape index (κ2) is 40.5. The molecule has 0 aliphatic carbocycles. The Labute approximate surface area is 537 Å². The van der Waals surface area contributed by atoms with E-state index in [-0.39, 0.29) is 74.7 Å². The molecule has 0 heterocycles. The molecule has 508 valence electrons. The Bertz CT molecular complexity index is 2390. The van der Waals surface area contributed by atoms with E-state index in [1.54, 1.807) is 90.1 Å². The fraction of sp³-hybridized carbons (Fsp3) is 0.676. The van der Waals surface area contributed by atoms with Gasteiger partial charge in [0.15, 0.2) is 0 Å². The predicted molar refractivity (Wildman–Crippen MR) is 354 cm³/mol. The van der Waals surface area contributed by atoms with Crippen molar-refractivity contribution in [2.45, 2.75) is 251 Å². The molecule has 0 spiro atoms. The van der Waals surface area contributed by atoms with Gasteiger partial charge in [0.25, 0.3) is 0 Å². The maximum Gasteiger partial charge on any atom is 0.312 e. The van der Waals surface area contributed by atoms with Crippen LogP contribution in [0.4, 0.5) is 21.0 Å². The Morgan fingerprint density at radius 1 is 0.411 bits per heavy atom. The third kappa shape index (κ3) is 37.7. The normalized spacial score (nSPS) is 13.0. The number of hydrogen-bond donors (Lipinski definition) is 10. The lowest BCUT2D eigenvalue weighted by Gasteiger charge is -2.25. The van der Waals surface area contributed by atoms with E-state index in [2.05, 4.69) is 84.1 Å². The van der Waals surface area contributed by atoms with Gasteiger partial charge in [0.05, 0.1) is 10.8 Å². The van der Waals surface area contributed by atoms with Crippen LogP contribution in [0.3, 0.4) is 0 Å². The Morgan fingerprint density at radius 2 is 0.722 bits per heavy atom. The first-order chi connectivity index (χ1) is 41.8. The first kappa shape index (κ1) is 80.8. The van der Waals surface area contributed by atoms with Crippen LogP contribution in [0.25, 0.3) is 0 Å². The standard InChI is InChI=1S/2C34H57N5O6/c2*1-23(2)28(39-27(40)15-11-9-10-12-20-33(3,4)5)30(42)38-26(14-13-21-36-32(35)44)29(41)37-25-18-16-24(17-19-25)22-45-31(43)34(6,7)8/h2*16-19,23,26,28H,9-15,20-22H2,1-8H3,(H,37,41)(H,38,42)(H,39,40)(H3,35,36,44)/t26-,28-;/m0./s1. The van der Waals surface area contributed by atoms with E-state index in [9.17, 15) is 47.9 Å². The SMILES string of the molecule is CC(C)C(NC(=O)CCCCCCC(C)(C)C)C(=O)NC(CCCNC(N)=O)C(=O)Nc1ccc(COC(=O)C(C)(C)C)cc1.CC(C)[C@H](NC(=O)CCCCCCC(C)(C)C)C(=O)N[C@@H](CCCNC(N)=O)C(=O)Nc1ccc(COC(=O)C(C)(C)C)cc1. The Kier molecular flexibility index (Phi) is 36.3. The number of hydrogen-bond acceptors (Lipinski definition) is 12. The lowest BCUT2D eigenvalue weighted by molar-refractivity contribution is -0.155. The van der Waals surface area contributed by atoms with Gasteiger partial charge >= 0.3 is 24.0 Å². The van der Waals surface area contributed by atoms with E-state index < -0.39 is 70.7 Å². The highest BCUT2D eigenvalue weighted by Crippen LogP contribution is 2.25. The quantitative estimate of drug-likeness (QED) is 0.0225. The lowest BCUT2D eigenvalue weighted by atomic mass is 9.89. The van der Waals surface area contributed by atoms with Gasteiger partial charge in [-0.25, -0.2) is 9.59 Å². The third-order valence-corrected chi connectivity index (χ3v) is 14.3. The summed E-state index contributed by atoms with van der Waals surface area (Å²) in [6.45, 7) is 32.0. The van der Waals surface area contributed by atoms with Gasteiger partial charge in [-0.2, -0.15) is 0 Å². The number of unbranched alkanes of at least 4 members (excludes halogenated alkanes) is 6. The van der Waals surface area contributed by atoms with Crippen LogP contribution >= 0.6 is 0 Å². The number of nitrogens with one attached hydrogen (secondary N) is 8. The first-order valence-electron chi connectivity index (χ1n) is 32.2. The van der Waals surface area contributed by atoms with Crippen molar-refractivity contribution in [3.8, 4) is 0 Å². The van der Waals surface area contributed by atoms with Crippen LogP contribution in [-0.4, -0.2) is 96.7 Å². The first-order valence-corrected chi connectivity index (χ1v) is 32.2. The molecule has 0 saturated heterocycles. The maximum atomic E-state index is 13.3. The summed E-state index contributed by atoms with van der Waals surface area (Å²) in [4.78, 5) is 125. The summed E-state index contributed by atoms with van der Waals surface area (Å²) in [5.74, 6) is -3.23. The van der Waals surface area contributed by atoms with Crippen LogP contribution in [0, 0.1) is 33.5 Å². The highest BCUT2D eigenvalue weighted by Gasteiger charge is 2.31. The van der Waals surface area contributed by atoms with Gasteiger partial charge in [-0.3, -0.25) is 38.4 Å². The zero-order chi connectivity index (χ0) is 68.4. The zero-order valence-corrected chi connectivity index (χ0v) is 57.3. The Hall–Kier alpha value is -7.26. The number of nitrogens with two attached hydrogens (primary N) is 2. The van der Waals surface area contributed by atoms with Crippen molar-refractivity contribution in [1.29, 1.82) is 0 Å². The summed E-state index contributed by atoms with van der Waals surface area (Å²) in [5.41, 5.74) is 12.2. The van der Waals surface area contributed by atoms with Gasteiger partial charge < -0.3 is 63.5 Å². The molecule has 22 nitrogen and oxygen atoms in total. The number of carbonyl (C=O) groups excluding carboxylic acids is 10. The van der Waals surface area contributed by atoms with E-state index in [1.165, 1.54) is 0 Å². The molecule has 90 heavy (non-hydrogen) atoms. The molecule has 2 aromatic carbocycles. The average Bonchev–Trinajstić information content (AvgIpc) is 3.35. The van der Waals surface area contributed by atoms with Crippen LogP contribution in [-0.2, 0) is 61.0 Å². The van der Waals surface area contributed by atoms with Crippen molar-refractivity contribution in [2.24, 2.45) is 45.0 Å². The molecule has 0 aliphatic heterocycles. The topological polar surface area (TPSA) is 337 Å². The predicted octanol–water partition coefficient (Wildman–Crippen LogP) is 10.4. The van der Waals surface area contributed by atoms with Gasteiger partial charge in [0.2, 0.25) is 35.4 Å². The molecule has 12 N–H and O–H groups in total. The Morgan fingerprint density at radius 3 is 1.00 bits per heavy atom. The van der Waals surface area contributed by atoms with Crippen LogP contribution in [0.5, 0.6) is 0 Å². The molecule has 2 aromatic rings. The molecule has 10 amide bonds. The summed E-state index contributed by atoms with van der Waals surface area (Å²) in [6.07, 6.45) is 11.9.